The van der Waals surface area contributed by atoms with Gasteiger partial charge in [0.2, 0.25) is 5.91 Å². The first-order valence-corrected chi connectivity index (χ1v) is 9.87. The average Bonchev–Trinajstić information content (AvgIpc) is 2.71. The van der Waals surface area contributed by atoms with Crippen LogP contribution in [0.3, 0.4) is 0 Å². The van der Waals surface area contributed by atoms with Gasteiger partial charge in [-0.3, -0.25) is 14.9 Å². The summed E-state index contributed by atoms with van der Waals surface area (Å²) in [4.78, 5) is 25.4. The third-order valence-corrected chi connectivity index (χ3v) is 5.56. The minimum atomic E-state index is -0.485. The first-order chi connectivity index (χ1) is 14.0. The van der Waals surface area contributed by atoms with Crippen LogP contribution in [0.5, 0.6) is 0 Å². The van der Waals surface area contributed by atoms with E-state index in [0.29, 0.717) is 5.56 Å². The van der Waals surface area contributed by atoms with Crippen molar-refractivity contribution in [3.8, 4) is 0 Å². The van der Waals surface area contributed by atoms with Gasteiger partial charge in [-0.2, -0.15) is 0 Å². The Morgan fingerprint density at radius 1 is 1.00 bits per heavy atom. The van der Waals surface area contributed by atoms with Crippen molar-refractivity contribution in [2.24, 2.45) is 0 Å². The van der Waals surface area contributed by atoms with Gasteiger partial charge < -0.3 is 10.6 Å². The topological polar surface area (TPSA) is 84.3 Å². The molecule has 0 heterocycles. The molecule has 29 heavy (non-hydrogen) atoms. The maximum atomic E-state index is 12.5. The number of benzene rings is 3. The normalized spacial score (nSPS) is 10.4. The summed E-state index contributed by atoms with van der Waals surface area (Å²) in [7, 11) is 0. The van der Waals surface area contributed by atoms with E-state index in [1.54, 1.807) is 24.8 Å². The summed E-state index contributed by atoms with van der Waals surface area (Å²) >= 11 is 1.60. The van der Waals surface area contributed by atoms with Gasteiger partial charge in [-0.1, -0.05) is 48.2 Å². The molecule has 0 unspecified atom stereocenters. The second-order valence-corrected chi connectivity index (χ2v) is 7.59. The van der Waals surface area contributed by atoms with E-state index >= 15 is 0 Å². The number of hydrogen-bond donors (Lipinski definition) is 2. The van der Waals surface area contributed by atoms with Crippen LogP contribution in [0, 0.1) is 24.0 Å². The van der Waals surface area contributed by atoms with Gasteiger partial charge in [0.05, 0.1) is 11.5 Å². The molecule has 3 aromatic carbocycles. The summed E-state index contributed by atoms with van der Waals surface area (Å²) in [6, 6.07) is 20.8. The summed E-state index contributed by atoms with van der Waals surface area (Å²) in [6.07, 6.45) is 0. The van der Waals surface area contributed by atoms with Gasteiger partial charge >= 0.3 is 0 Å². The lowest BCUT2D eigenvalue weighted by Gasteiger charge is -2.14. The number of rotatable bonds is 7. The lowest BCUT2D eigenvalue weighted by Crippen LogP contribution is -2.23. The van der Waals surface area contributed by atoms with E-state index in [-0.39, 0.29) is 23.8 Å². The van der Waals surface area contributed by atoms with Crippen LogP contribution >= 0.6 is 11.8 Å². The molecule has 0 saturated heterocycles. The average molecular weight is 407 g/mol. The molecule has 3 rings (SSSR count). The standard InChI is InChI=1S/C22H21N3O3S/c1-15-12-13-19(25(27)28)22(16(15)2)24-21(26)14-23-18-10-6-7-11-20(18)29-17-8-4-3-5-9-17/h3-13,23H,14H2,1-2H3,(H,24,26). The Morgan fingerprint density at radius 2 is 1.69 bits per heavy atom. The fourth-order valence-corrected chi connectivity index (χ4v) is 3.73. The third-order valence-electron chi connectivity index (χ3n) is 4.47. The minimum absolute atomic E-state index is 0.00308. The van der Waals surface area contributed by atoms with Crippen molar-refractivity contribution in [3.63, 3.8) is 0 Å². The fourth-order valence-electron chi connectivity index (χ4n) is 2.79. The van der Waals surface area contributed by atoms with Gasteiger partial charge in [-0.05, 0) is 49.2 Å². The van der Waals surface area contributed by atoms with Crippen LogP contribution in [-0.4, -0.2) is 17.4 Å². The highest BCUT2D eigenvalue weighted by molar-refractivity contribution is 7.99. The molecule has 0 aliphatic heterocycles. The van der Waals surface area contributed by atoms with E-state index in [0.717, 1.165) is 21.0 Å². The van der Waals surface area contributed by atoms with Crippen molar-refractivity contribution >= 4 is 34.7 Å². The van der Waals surface area contributed by atoms with Gasteiger partial charge in [0, 0.05) is 21.5 Å². The van der Waals surface area contributed by atoms with Crippen molar-refractivity contribution in [1.82, 2.24) is 0 Å². The van der Waals surface area contributed by atoms with Crippen LogP contribution < -0.4 is 10.6 Å². The number of nitro groups is 1. The Bertz CT molecular complexity index is 1040. The van der Waals surface area contributed by atoms with Gasteiger partial charge in [-0.25, -0.2) is 0 Å². The smallest absolute Gasteiger partial charge is 0.293 e. The highest BCUT2D eigenvalue weighted by atomic mass is 32.2. The number of nitrogens with one attached hydrogen (secondary N) is 2. The van der Waals surface area contributed by atoms with Crippen molar-refractivity contribution in [2.45, 2.75) is 23.6 Å². The molecule has 0 bridgehead atoms. The maximum absolute atomic E-state index is 12.5. The Balaban J connectivity index is 1.71. The number of amides is 1. The van der Waals surface area contributed by atoms with Crippen LogP contribution in [-0.2, 0) is 4.79 Å². The van der Waals surface area contributed by atoms with E-state index in [9.17, 15) is 14.9 Å². The van der Waals surface area contributed by atoms with E-state index in [4.69, 9.17) is 0 Å². The Morgan fingerprint density at radius 3 is 2.41 bits per heavy atom. The summed E-state index contributed by atoms with van der Waals surface area (Å²) in [6.45, 7) is 3.61. The zero-order valence-corrected chi connectivity index (χ0v) is 17.0. The summed E-state index contributed by atoms with van der Waals surface area (Å²) in [5.41, 5.74) is 2.53. The number of carbonyl (C=O) groups excluding carboxylic acids is 1. The molecule has 0 aromatic heterocycles. The SMILES string of the molecule is Cc1ccc([N+](=O)[O-])c(NC(=O)CNc2ccccc2Sc2ccccc2)c1C. The van der Waals surface area contributed by atoms with Crippen LogP contribution in [0.15, 0.2) is 76.5 Å². The number of hydrogen-bond acceptors (Lipinski definition) is 5. The molecule has 7 heteroatoms. The van der Waals surface area contributed by atoms with Crippen molar-refractivity contribution < 1.29 is 9.72 Å². The van der Waals surface area contributed by atoms with Crippen molar-refractivity contribution in [2.75, 3.05) is 17.2 Å². The fraction of sp³-hybridized carbons (Fsp3) is 0.136. The van der Waals surface area contributed by atoms with E-state index in [1.807, 2.05) is 61.5 Å². The quantitative estimate of drug-likeness (QED) is 0.404. The monoisotopic (exact) mass is 407 g/mol. The van der Waals surface area contributed by atoms with Crippen LogP contribution in [0.2, 0.25) is 0 Å². The van der Waals surface area contributed by atoms with Crippen LogP contribution in [0.25, 0.3) is 0 Å². The Kier molecular flexibility index (Phi) is 6.51. The first kappa shape index (κ1) is 20.4. The first-order valence-electron chi connectivity index (χ1n) is 9.06. The van der Waals surface area contributed by atoms with E-state index < -0.39 is 4.92 Å². The minimum Gasteiger partial charge on any atom is -0.375 e. The molecule has 2 N–H and O–H groups in total. The number of carbonyl (C=O) groups is 1. The molecule has 6 nitrogen and oxygen atoms in total. The van der Waals surface area contributed by atoms with Gasteiger partial charge in [-0.15, -0.1) is 0 Å². The van der Waals surface area contributed by atoms with Crippen LogP contribution in [0.4, 0.5) is 17.1 Å². The Hall–Kier alpha value is -3.32. The molecule has 148 valence electrons. The number of nitrogens with zero attached hydrogens (tertiary/aromatic N) is 1. The molecule has 0 spiro atoms. The highest BCUT2D eigenvalue weighted by Gasteiger charge is 2.19. The molecule has 0 fully saturated rings. The van der Waals surface area contributed by atoms with Gasteiger partial charge in [0.15, 0.2) is 0 Å². The maximum Gasteiger partial charge on any atom is 0.293 e. The number of aryl methyl sites for hydroxylation is 1. The van der Waals surface area contributed by atoms with Crippen molar-refractivity contribution in [3.05, 3.63) is 88.0 Å². The lowest BCUT2D eigenvalue weighted by atomic mass is 10.1. The molecule has 0 aliphatic rings. The summed E-state index contributed by atoms with van der Waals surface area (Å²) in [5.74, 6) is -0.346. The lowest BCUT2D eigenvalue weighted by molar-refractivity contribution is -0.384. The largest absolute Gasteiger partial charge is 0.375 e. The molecule has 0 aliphatic carbocycles. The third kappa shape index (κ3) is 5.14. The van der Waals surface area contributed by atoms with Gasteiger partial charge in [0.25, 0.3) is 5.69 Å². The zero-order valence-electron chi connectivity index (χ0n) is 16.1. The molecule has 0 atom stereocenters. The number of nitro benzene ring substituents is 1. The van der Waals surface area contributed by atoms with Gasteiger partial charge in [0.1, 0.15) is 5.69 Å². The number of anilines is 2. The molecule has 0 radical (unpaired) electrons. The number of para-hydroxylation sites is 1. The summed E-state index contributed by atoms with van der Waals surface area (Å²) < 4.78 is 0. The molecule has 3 aromatic rings. The van der Waals surface area contributed by atoms with Crippen LogP contribution in [0.1, 0.15) is 11.1 Å². The zero-order chi connectivity index (χ0) is 20.8. The van der Waals surface area contributed by atoms with E-state index in [1.165, 1.54) is 6.07 Å². The summed E-state index contributed by atoms with van der Waals surface area (Å²) in [5, 5.41) is 17.1. The van der Waals surface area contributed by atoms with E-state index in [2.05, 4.69) is 10.6 Å². The predicted molar refractivity (Wildman–Crippen MR) is 117 cm³/mol. The predicted octanol–water partition coefficient (Wildman–Crippen LogP) is 5.41. The Labute approximate surface area is 173 Å². The second kappa shape index (κ2) is 9.25. The highest BCUT2D eigenvalue weighted by Crippen LogP contribution is 2.33. The molecule has 0 saturated carbocycles. The van der Waals surface area contributed by atoms with Crippen molar-refractivity contribution in [1.29, 1.82) is 0 Å². The second-order valence-electron chi connectivity index (χ2n) is 6.47. The molecular weight excluding hydrogens is 386 g/mol. The molecular formula is C22H21N3O3S. The molecule has 1 amide bonds.